The Morgan fingerprint density at radius 1 is 1.24 bits per heavy atom. The molecular weight excluding hydrogens is 322 g/mol. The number of anilines is 2. The van der Waals surface area contributed by atoms with E-state index in [1.165, 1.54) is 6.20 Å². The van der Waals surface area contributed by atoms with Gasteiger partial charge in [-0.1, -0.05) is 0 Å². The SMILES string of the molecule is COC1CCC(Nc2ncc(C(N)=O)c(N[C@H]3CCCC3O)n2)CC1. The van der Waals surface area contributed by atoms with Crippen molar-refractivity contribution >= 4 is 17.7 Å². The van der Waals surface area contributed by atoms with Crippen LogP contribution in [0.1, 0.15) is 55.3 Å². The lowest BCUT2D eigenvalue weighted by atomic mass is 9.93. The first-order valence-corrected chi connectivity index (χ1v) is 8.97. The molecule has 1 aromatic heterocycles. The summed E-state index contributed by atoms with van der Waals surface area (Å²) in [6, 6.07) is 0.175. The fourth-order valence-corrected chi connectivity index (χ4v) is 3.65. The van der Waals surface area contributed by atoms with Crippen LogP contribution in [-0.4, -0.2) is 52.4 Å². The number of amides is 1. The van der Waals surface area contributed by atoms with Gasteiger partial charge in [0.2, 0.25) is 5.95 Å². The van der Waals surface area contributed by atoms with Crippen molar-refractivity contribution in [3.63, 3.8) is 0 Å². The van der Waals surface area contributed by atoms with Crippen LogP contribution < -0.4 is 16.4 Å². The van der Waals surface area contributed by atoms with Gasteiger partial charge in [0, 0.05) is 19.3 Å². The zero-order valence-corrected chi connectivity index (χ0v) is 14.6. The molecule has 2 aliphatic rings. The number of methoxy groups -OCH3 is 1. The second-order valence-corrected chi connectivity index (χ2v) is 6.92. The first-order chi connectivity index (χ1) is 12.1. The lowest BCUT2D eigenvalue weighted by molar-refractivity contribution is 0.0681. The van der Waals surface area contributed by atoms with E-state index in [9.17, 15) is 9.90 Å². The average Bonchev–Trinajstić information content (AvgIpc) is 3.00. The number of hydrogen-bond acceptors (Lipinski definition) is 7. The summed E-state index contributed by atoms with van der Waals surface area (Å²) in [6.45, 7) is 0. The van der Waals surface area contributed by atoms with Gasteiger partial charge in [-0.2, -0.15) is 4.98 Å². The molecule has 2 aliphatic carbocycles. The quantitative estimate of drug-likeness (QED) is 0.610. The first-order valence-electron chi connectivity index (χ1n) is 8.97. The summed E-state index contributed by atoms with van der Waals surface area (Å²) in [5.41, 5.74) is 5.68. The molecule has 138 valence electrons. The van der Waals surface area contributed by atoms with Crippen LogP contribution in [-0.2, 0) is 4.74 Å². The number of ether oxygens (including phenoxy) is 1. The molecule has 0 aliphatic heterocycles. The summed E-state index contributed by atoms with van der Waals surface area (Å²) in [6.07, 6.45) is 7.88. The van der Waals surface area contributed by atoms with E-state index >= 15 is 0 Å². The van der Waals surface area contributed by atoms with Gasteiger partial charge in [-0.25, -0.2) is 4.98 Å². The van der Waals surface area contributed by atoms with E-state index in [0.717, 1.165) is 44.9 Å². The summed E-state index contributed by atoms with van der Waals surface area (Å²) in [4.78, 5) is 20.3. The van der Waals surface area contributed by atoms with E-state index in [1.807, 2.05) is 0 Å². The standard InChI is InChI=1S/C17H27N5O3/c1-25-11-7-5-10(6-8-11)20-17-19-9-12(15(18)24)16(22-17)21-13-3-2-4-14(13)23/h9-11,13-14,23H,2-8H2,1H3,(H2,18,24)(H2,19,20,21,22)/t10?,11?,13-,14?/m0/s1. The molecule has 1 heterocycles. The number of hydrogen-bond donors (Lipinski definition) is 4. The average molecular weight is 349 g/mol. The van der Waals surface area contributed by atoms with E-state index in [2.05, 4.69) is 20.6 Å². The minimum absolute atomic E-state index is 0.113. The van der Waals surface area contributed by atoms with Crippen LogP contribution >= 0.6 is 0 Å². The molecule has 0 saturated heterocycles. The lowest BCUT2D eigenvalue weighted by Gasteiger charge is -2.28. The molecule has 5 N–H and O–H groups in total. The van der Waals surface area contributed by atoms with Gasteiger partial charge in [0.05, 0.1) is 23.8 Å². The number of nitrogens with zero attached hydrogens (tertiary/aromatic N) is 2. The van der Waals surface area contributed by atoms with Crippen molar-refractivity contribution in [2.45, 2.75) is 69.2 Å². The maximum Gasteiger partial charge on any atom is 0.254 e. The number of carbonyl (C=O) groups is 1. The molecular formula is C17H27N5O3. The third kappa shape index (κ3) is 4.38. The van der Waals surface area contributed by atoms with Crippen molar-refractivity contribution in [1.82, 2.24) is 9.97 Å². The van der Waals surface area contributed by atoms with E-state index < -0.39 is 12.0 Å². The summed E-state index contributed by atoms with van der Waals surface area (Å²) >= 11 is 0. The predicted molar refractivity (Wildman–Crippen MR) is 94.5 cm³/mol. The molecule has 1 aromatic rings. The van der Waals surface area contributed by atoms with Gasteiger partial charge in [0.1, 0.15) is 5.82 Å². The Morgan fingerprint density at radius 2 is 2.00 bits per heavy atom. The summed E-state index contributed by atoms with van der Waals surface area (Å²) < 4.78 is 5.39. The topological polar surface area (TPSA) is 122 Å². The third-order valence-electron chi connectivity index (χ3n) is 5.20. The minimum atomic E-state index is -0.581. The van der Waals surface area contributed by atoms with Crippen LogP contribution in [0.25, 0.3) is 0 Å². The summed E-state index contributed by atoms with van der Waals surface area (Å²) in [7, 11) is 1.75. The van der Waals surface area contributed by atoms with Gasteiger partial charge in [0.15, 0.2) is 0 Å². The van der Waals surface area contributed by atoms with Gasteiger partial charge in [0.25, 0.3) is 5.91 Å². The second kappa shape index (κ2) is 7.97. The number of nitrogens with two attached hydrogens (primary N) is 1. The molecule has 8 heteroatoms. The number of rotatable bonds is 6. The molecule has 2 fully saturated rings. The largest absolute Gasteiger partial charge is 0.391 e. The van der Waals surface area contributed by atoms with E-state index in [0.29, 0.717) is 17.9 Å². The molecule has 0 spiro atoms. The number of aliphatic hydroxyl groups excluding tert-OH is 1. The molecule has 0 aromatic carbocycles. The maximum absolute atomic E-state index is 11.7. The monoisotopic (exact) mass is 349 g/mol. The Bertz CT molecular complexity index is 604. The molecule has 2 atom stereocenters. The summed E-state index contributed by atoms with van der Waals surface area (Å²) in [5, 5.41) is 16.5. The molecule has 0 bridgehead atoms. The van der Waals surface area contributed by atoms with Gasteiger partial charge in [-0.3, -0.25) is 4.79 Å². The highest BCUT2D eigenvalue weighted by Crippen LogP contribution is 2.26. The smallest absolute Gasteiger partial charge is 0.254 e. The predicted octanol–water partition coefficient (Wildman–Crippen LogP) is 1.27. The van der Waals surface area contributed by atoms with Gasteiger partial charge < -0.3 is 26.2 Å². The van der Waals surface area contributed by atoms with Gasteiger partial charge in [-0.05, 0) is 44.9 Å². The van der Waals surface area contributed by atoms with Crippen molar-refractivity contribution in [2.24, 2.45) is 5.73 Å². The number of nitrogens with one attached hydrogen (secondary N) is 2. The van der Waals surface area contributed by atoms with Gasteiger partial charge in [-0.15, -0.1) is 0 Å². The third-order valence-corrected chi connectivity index (χ3v) is 5.20. The van der Waals surface area contributed by atoms with Crippen molar-refractivity contribution in [3.05, 3.63) is 11.8 Å². The highest BCUT2D eigenvalue weighted by molar-refractivity contribution is 5.97. The molecule has 3 rings (SSSR count). The molecule has 1 amide bonds. The molecule has 25 heavy (non-hydrogen) atoms. The Morgan fingerprint density at radius 3 is 2.60 bits per heavy atom. The highest BCUT2D eigenvalue weighted by Gasteiger charge is 2.27. The second-order valence-electron chi connectivity index (χ2n) is 6.92. The molecule has 8 nitrogen and oxygen atoms in total. The summed E-state index contributed by atoms with van der Waals surface area (Å²) in [5.74, 6) is 0.282. The van der Waals surface area contributed by atoms with Crippen LogP contribution in [0, 0.1) is 0 Å². The van der Waals surface area contributed by atoms with Crippen molar-refractivity contribution in [3.8, 4) is 0 Å². The number of aliphatic hydroxyl groups is 1. The van der Waals surface area contributed by atoms with Crippen LogP contribution in [0.15, 0.2) is 6.20 Å². The van der Waals surface area contributed by atoms with Gasteiger partial charge >= 0.3 is 0 Å². The number of carbonyl (C=O) groups excluding carboxylic acids is 1. The number of primary amides is 1. The lowest BCUT2D eigenvalue weighted by Crippen LogP contribution is -2.32. The van der Waals surface area contributed by atoms with E-state index in [-0.39, 0.29) is 17.6 Å². The Balaban J connectivity index is 1.70. The van der Waals surface area contributed by atoms with Crippen molar-refractivity contribution in [2.75, 3.05) is 17.7 Å². The highest BCUT2D eigenvalue weighted by atomic mass is 16.5. The van der Waals surface area contributed by atoms with Crippen molar-refractivity contribution in [1.29, 1.82) is 0 Å². The van der Waals surface area contributed by atoms with Crippen LogP contribution in [0.5, 0.6) is 0 Å². The zero-order chi connectivity index (χ0) is 17.8. The molecule has 2 saturated carbocycles. The van der Waals surface area contributed by atoms with Crippen molar-refractivity contribution < 1.29 is 14.6 Å². The molecule has 1 unspecified atom stereocenters. The Hall–Kier alpha value is -1.93. The maximum atomic E-state index is 11.7. The van der Waals surface area contributed by atoms with Crippen LogP contribution in [0.4, 0.5) is 11.8 Å². The Kier molecular flexibility index (Phi) is 5.70. The Labute approximate surface area is 147 Å². The zero-order valence-electron chi connectivity index (χ0n) is 14.6. The van der Waals surface area contributed by atoms with Crippen LogP contribution in [0.3, 0.4) is 0 Å². The first kappa shape index (κ1) is 17.9. The minimum Gasteiger partial charge on any atom is -0.391 e. The van der Waals surface area contributed by atoms with E-state index in [1.54, 1.807) is 7.11 Å². The molecule has 0 radical (unpaired) electrons. The fraction of sp³-hybridized carbons (Fsp3) is 0.706. The van der Waals surface area contributed by atoms with E-state index in [4.69, 9.17) is 10.5 Å². The normalized spacial score (nSPS) is 29.4. The fourth-order valence-electron chi connectivity index (χ4n) is 3.65. The van der Waals surface area contributed by atoms with Crippen LogP contribution in [0.2, 0.25) is 0 Å². The number of aromatic nitrogens is 2.